The number of aliphatic imine (C=N–C) groups is 1. The fraction of sp³-hybridized carbons (Fsp3) is 0.611. The van der Waals surface area contributed by atoms with Gasteiger partial charge in [0.25, 0.3) is 0 Å². The van der Waals surface area contributed by atoms with Crippen LogP contribution >= 0.6 is 24.0 Å². The highest BCUT2D eigenvalue weighted by molar-refractivity contribution is 14.0. The maximum Gasteiger partial charge on any atom is 0.191 e. The van der Waals surface area contributed by atoms with Crippen molar-refractivity contribution in [1.82, 2.24) is 4.90 Å². The minimum Gasteiger partial charge on any atom is -0.378 e. The molecule has 5 nitrogen and oxygen atoms in total. The highest BCUT2D eigenvalue weighted by Crippen LogP contribution is 2.34. The van der Waals surface area contributed by atoms with Gasteiger partial charge in [0.2, 0.25) is 0 Å². The van der Waals surface area contributed by atoms with E-state index in [1.54, 1.807) is 0 Å². The van der Waals surface area contributed by atoms with Crippen LogP contribution in [0, 0.1) is 12.8 Å². The van der Waals surface area contributed by atoms with Gasteiger partial charge in [0.15, 0.2) is 5.96 Å². The molecule has 0 aliphatic carbocycles. The van der Waals surface area contributed by atoms with Crippen molar-refractivity contribution in [2.45, 2.75) is 25.9 Å². The second-order valence-corrected chi connectivity index (χ2v) is 6.40. The number of hydrogen-bond donors (Lipinski definition) is 1. The number of guanidine groups is 1. The van der Waals surface area contributed by atoms with Crippen molar-refractivity contribution in [2.24, 2.45) is 16.6 Å². The van der Waals surface area contributed by atoms with Crippen LogP contribution < -0.4 is 5.73 Å². The number of nitrogens with zero attached hydrogens (tertiary/aromatic N) is 2. The first-order valence-electron chi connectivity index (χ1n) is 8.55. The molecule has 2 unspecified atom stereocenters. The number of halogens is 1. The largest absolute Gasteiger partial charge is 0.378 e. The third kappa shape index (κ3) is 5.07. The number of aryl methyl sites for hydroxylation is 1. The highest BCUT2D eigenvalue weighted by Gasteiger charge is 2.27. The molecule has 2 fully saturated rings. The Hall–Kier alpha value is -0.860. The molecule has 24 heavy (non-hydrogen) atoms. The number of hydrogen-bond acceptors (Lipinski definition) is 3. The molecule has 2 aliphatic heterocycles. The summed E-state index contributed by atoms with van der Waals surface area (Å²) in [5.74, 6) is 1.03. The highest BCUT2D eigenvalue weighted by atomic mass is 127. The Kier molecular flexibility index (Phi) is 7.77. The normalized spacial score (nSPS) is 25.2. The zero-order valence-corrected chi connectivity index (χ0v) is 16.6. The summed E-state index contributed by atoms with van der Waals surface area (Å²) in [6, 6.07) is 8.65. The SMILES string of the molecule is Cc1ccc(C2OCCCC2CN=C(N)N2CCOCC2)cc1.I. The average Bonchev–Trinajstić information content (AvgIpc) is 2.61. The summed E-state index contributed by atoms with van der Waals surface area (Å²) in [6.45, 7) is 6.79. The Morgan fingerprint density at radius 3 is 2.62 bits per heavy atom. The molecule has 2 saturated heterocycles. The quantitative estimate of drug-likeness (QED) is 0.442. The molecule has 0 bridgehead atoms. The van der Waals surface area contributed by atoms with Crippen molar-refractivity contribution in [1.29, 1.82) is 0 Å². The van der Waals surface area contributed by atoms with E-state index in [-0.39, 0.29) is 30.1 Å². The Morgan fingerprint density at radius 1 is 1.21 bits per heavy atom. The molecule has 2 N–H and O–H groups in total. The summed E-state index contributed by atoms with van der Waals surface area (Å²) in [7, 11) is 0. The minimum absolute atomic E-state index is 0. The number of benzene rings is 1. The standard InChI is InChI=1S/C18H27N3O2.HI/c1-14-4-6-15(7-5-14)17-16(3-2-10-23-17)13-20-18(19)21-8-11-22-12-9-21;/h4-7,16-17H,2-3,8-13H2,1H3,(H2,19,20);1H. The molecule has 1 aromatic carbocycles. The van der Waals surface area contributed by atoms with Crippen LogP contribution in [0.3, 0.4) is 0 Å². The van der Waals surface area contributed by atoms with Gasteiger partial charge in [0.1, 0.15) is 0 Å². The van der Waals surface area contributed by atoms with Crippen LogP contribution in [-0.4, -0.2) is 50.3 Å². The van der Waals surface area contributed by atoms with Gasteiger partial charge in [-0.25, -0.2) is 0 Å². The van der Waals surface area contributed by atoms with Crippen LogP contribution in [0.5, 0.6) is 0 Å². The predicted octanol–water partition coefficient (Wildman–Crippen LogP) is 2.73. The lowest BCUT2D eigenvalue weighted by molar-refractivity contribution is -0.0251. The van der Waals surface area contributed by atoms with Gasteiger partial charge in [-0.15, -0.1) is 24.0 Å². The number of nitrogens with two attached hydrogens (primary N) is 1. The topological polar surface area (TPSA) is 60.1 Å². The van der Waals surface area contributed by atoms with Crippen LogP contribution in [0.1, 0.15) is 30.1 Å². The van der Waals surface area contributed by atoms with Gasteiger partial charge >= 0.3 is 0 Å². The maximum atomic E-state index is 6.15. The van der Waals surface area contributed by atoms with Gasteiger partial charge in [-0.3, -0.25) is 4.99 Å². The molecule has 0 aromatic heterocycles. The minimum atomic E-state index is 0. The zero-order valence-electron chi connectivity index (χ0n) is 14.3. The zero-order chi connectivity index (χ0) is 16.1. The van der Waals surface area contributed by atoms with Crippen molar-refractivity contribution >= 4 is 29.9 Å². The summed E-state index contributed by atoms with van der Waals surface area (Å²) in [5.41, 5.74) is 8.67. The first kappa shape index (κ1) is 19.5. The number of ether oxygens (including phenoxy) is 2. The van der Waals surface area contributed by atoms with Gasteiger partial charge in [-0.05, 0) is 25.3 Å². The van der Waals surface area contributed by atoms with E-state index in [1.807, 2.05) is 0 Å². The van der Waals surface area contributed by atoms with E-state index in [4.69, 9.17) is 15.2 Å². The fourth-order valence-electron chi connectivity index (χ4n) is 3.26. The molecule has 2 aliphatic rings. The first-order chi connectivity index (χ1) is 11.2. The molecule has 2 atom stereocenters. The number of rotatable bonds is 3. The lowest BCUT2D eigenvalue weighted by atomic mass is 9.89. The van der Waals surface area contributed by atoms with E-state index in [0.717, 1.165) is 52.3 Å². The van der Waals surface area contributed by atoms with Gasteiger partial charge in [0.05, 0.1) is 19.3 Å². The molecular weight excluding hydrogens is 417 g/mol. The Balaban J connectivity index is 0.00000208. The van der Waals surface area contributed by atoms with E-state index >= 15 is 0 Å². The molecule has 0 amide bonds. The third-order valence-corrected chi connectivity index (χ3v) is 4.67. The predicted molar refractivity (Wildman–Crippen MR) is 107 cm³/mol. The van der Waals surface area contributed by atoms with Gasteiger partial charge in [0, 0.05) is 32.2 Å². The Morgan fingerprint density at radius 2 is 1.92 bits per heavy atom. The van der Waals surface area contributed by atoms with Crippen molar-refractivity contribution in [3.8, 4) is 0 Å². The van der Waals surface area contributed by atoms with E-state index in [9.17, 15) is 0 Å². The van der Waals surface area contributed by atoms with E-state index in [2.05, 4.69) is 41.1 Å². The second kappa shape index (κ2) is 9.58. The summed E-state index contributed by atoms with van der Waals surface area (Å²) in [5, 5.41) is 0. The molecule has 2 heterocycles. The summed E-state index contributed by atoms with van der Waals surface area (Å²) >= 11 is 0. The maximum absolute atomic E-state index is 6.15. The van der Waals surface area contributed by atoms with Gasteiger partial charge in [-0.2, -0.15) is 0 Å². The second-order valence-electron chi connectivity index (χ2n) is 6.40. The van der Waals surface area contributed by atoms with E-state index in [1.165, 1.54) is 11.1 Å². The lowest BCUT2D eigenvalue weighted by Gasteiger charge is -2.32. The summed E-state index contributed by atoms with van der Waals surface area (Å²) in [6.07, 6.45) is 2.36. The average molecular weight is 445 g/mol. The smallest absolute Gasteiger partial charge is 0.191 e. The summed E-state index contributed by atoms with van der Waals surface area (Å²) < 4.78 is 11.4. The Labute approximate surface area is 161 Å². The van der Waals surface area contributed by atoms with Crippen LogP contribution in [0.15, 0.2) is 29.3 Å². The van der Waals surface area contributed by atoms with Crippen molar-refractivity contribution in [3.63, 3.8) is 0 Å². The summed E-state index contributed by atoms with van der Waals surface area (Å²) in [4.78, 5) is 6.75. The van der Waals surface area contributed by atoms with Gasteiger partial charge < -0.3 is 20.1 Å². The number of morpholine rings is 1. The van der Waals surface area contributed by atoms with E-state index < -0.39 is 0 Å². The first-order valence-corrected chi connectivity index (χ1v) is 8.55. The van der Waals surface area contributed by atoms with Crippen molar-refractivity contribution < 1.29 is 9.47 Å². The Bertz CT molecular complexity index is 530. The molecule has 0 radical (unpaired) electrons. The van der Waals surface area contributed by atoms with E-state index in [0.29, 0.717) is 11.9 Å². The monoisotopic (exact) mass is 445 g/mol. The van der Waals surface area contributed by atoms with Crippen molar-refractivity contribution in [3.05, 3.63) is 35.4 Å². The molecule has 1 aromatic rings. The van der Waals surface area contributed by atoms with Crippen LogP contribution in [0.25, 0.3) is 0 Å². The molecule has 0 saturated carbocycles. The fourth-order valence-corrected chi connectivity index (χ4v) is 3.26. The van der Waals surface area contributed by atoms with Crippen LogP contribution in [-0.2, 0) is 9.47 Å². The molecular formula is C18H28IN3O2. The molecule has 0 spiro atoms. The molecule has 6 heteroatoms. The lowest BCUT2D eigenvalue weighted by Crippen LogP contribution is -2.45. The van der Waals surface area contributed by atoms with Gasteiger partial charge in [-0.1, -0.05) is 29.8 Å². The molecule has 3 rings (SSSR count). The third-order valence-electron chi connectivity index (χ3n) is 4.67. The van der Waals surface area contributed by atoms with Crippen LogP contribution in [0.2, 0.25) is 0 Å². The van der Waals surface area contributed by atoms with Crippen molar-refractivity contribution in [2.75, 3.05) is 39.5 Å². The molecule has 134 valence electrons. The van der Waals surface area contributed by atoms with Crippen LogP contribution in [0.4, 0.5) is 0 Å².